The highest BCUT2D eigenvalue weighted by molar-refractivity contribution is 5.95. The van der Waals surface area contributed by atoms with E-state index in [9.17, 15) is 13.6 Å². The van der Waals surface area contributed by atoms with Crippen LogP contribution in [0.2, 0.25) is 0 Å². The number of aromatic nitrogens is 1. The summed E-state index contributed by atoms with van der Waals surface area (Å²) >= 11 is 0. The minimum absolute atomic E-state index is 0.114. The topological polar surface area (TPSA) is 42.0 Å². The highest BCUT2D eigenvalue weighted by Crippen LogP contribution is 2.41. The van der Waals surface area contributed by atoms with Crippen molar-refractivity contribution in [2.45, 2.75) is 26.2 Å². The van der Waals surface area contributed by atoms with Crippen LogP contribution in [0.3, 0.4) is 0 Å². The molecule has 3 nitrogen and oxygen atoms in total. The van der Waals surface area contributed by atoms with E-state index in [2.05, 4.69) is 10.3 Å². The fourth-order valence-electron chi connectivity index (χ4n) is 1.75. The first kappa shape index (κ1) is 11.0. The number of rotatable bonds is 2. The Morgan fingerprint density at radius 2 is 1.94 bits per heavy atom. The van der Waals surface area contributed by atoms with E-state index in [1.54, 1.807) is 0 Å². The monoisotopic (exact) mass is 226 g/mol. The number of carbonyl (C=O) groups excluding carboxylic acids is 1. The maximum absolute atomic E-state index is 12.8. The molecule has 0 radical (unpaired) electrons. The minimum Gasteiger partial charge on any atom is -0.325 e. The summed E-state index contributed by atoms with van der Waals surface area (Å²) in [4.78, 5) is 14.7. The van der Waals surface area contributed by atoms with E-state index in [1.165, 1.54) is 0 Å². The van der Waals surface area contributed by atoms with Crippen molar-refractivity contribution in [3.63, 3.8) is 0 Å². The molecule has 1 aromatic heterocycles. The van der Waals surface area contributed by atoms with Gasteiger partial charge in [-0.1, -0.05) is 13.3 Å². The van der Waals surface area contributed by atoms with Gasteiger partial charge in [-0.15, -0.1) is 0 Å². The molecule has 2 rings (SSSR count). The molecule has 1 fully saturated rings. The van der Waals surface area contributed by atoms with Crippen molar-refractivity contribution in [2.75, 3.05) is 5.32 Å². The molecule has 16 heavy (non-hydrogen) atoms. The molecular weight excluding hydrogens is 214 g/mol. The van der Waals surface area contributed by atoms with E-state index < -0.39 is 17.3 Å². The van der Waals surface area contributed by atoms with Crippen molar-refractivity contribution in [2.24, 2.45) is 5.41 Å². The number of nitrogens with one attached hydrogen (secondary N) is 1. The van der Waals surface area contributed by atoms with Crippen molar-refractivity contribution in [3.8, 4) is 0 Å². The number of hydrogen-bond acceptors (Lipinski definition) is 2. The summed E-state index contributed by atoms with van der Waals surface area (Å²) in [6, 6.07) is 2.01. The zero-order chi connectivity index (χ0) is 11.8. The number of hydrogen-bond donors (Lipinski definition) is 1. The van der Waals surface area contributed by atoms with Crippen LogP contribution >= 0.6 is 0 Å². The van der Waals surface area contributed by atoms with E-state index in [4.69, 9.17) is 0 Å². The largest absolute Gasteiger partial charge is 0.325 e. The van der Waals surface area contributed by atoms with Crippen molar-refractivity contribution in [1.29, 1.82) is 0 Å². The first-order valence-electron chi connectivity index (χ1n) is 5.14. The van der Waals surface area contributed by atoms with Crippen LogP contribution in [0.15, 0.2) is 12.1 Å². The van der Waals surface area contributed by atoms with Crippen LogP contribution < -0.4 is 5.32 Å². The van der Waals surface area contributed by atoms with E-state index in [0.29, 0.717) is 0 Å². The second-order valence-corrected chi connectivity index (χ2v) is 4.37. The normalized spacial score (nSPS) is 17.7. The van der Waals surface area contributed by atoms with Gasteiger partial charge < -0.3 is 5.32 Å². The zero-order valence-corrected chi connectivity index (χ0v) is 8.89. The molecule has 1 aliphatic carbocycles. The molecule has 1 heterocycles. The van der Waals surface area contributed by atoms with E-state index in [-0.39, 0.29) is 11.6 Å². The number of halogens is 2. The van der Waals surface area contributed by atoms with Crippen LogP contribution in [0.4, 0.5) is 14.5 Å². The predicted molar refractivity (Wildman–Crippen MR) is 54.7 cm³/mol. The lowest BCUT2D eigenvalue weighted by Gasteiger charge is -2.36. The Labute approximate surface area is 91.9 Å². The van der Waals surface area contributed by atoms with Gasteiger partial charge in [-0.05, 0) is 12.8 Å². The van der Waals surface area contributed by atoms with Gasteiger partial charge in [0.05, 0.1) is 0 Å². The molecule has 0 aromatic carbocycles. The van der Waals surface area contributed by atoms with Gasteiger partial charge in [0.1, 0.15) is 0 Å². The van der Waals surface area contributed by atoms with E-state index in [1.807, 2.05) is 6.92 Å². The Bertz CT molecular complexity index is 410. The highest BCUT2D eigenvalue weighted by Gasteiger charge is 2.39. The van der Waals surface area contributed by atoms with Gasteiger partial charge in [0.15, 0.2) is 0 Å². The summed E-state index contributed by atoms with van der Waals surface area (Å²) in [5.74, 6) is -2.06. The summed E-state index contributed by atoms with van der Waals surface area (Å²) < 4.78 is 25.5. The van der Waals surface area contributed by atoms with Gasteiger partial charge in [-0.25, -0.2) is 0 Å². The predicted octanol–water partition coefficient (Wildman–Crippen LogP) is 2.49. The SMILES string of the molecule is CC1(C(=O)Nc2cc(F)nc(F)c2)CCC1. The maximum atomic E-state index is 12.8. The summed E-state index contributed by atoms with van der Waals surface area (Å²) in [5.41, 5.74) is -0.279. The average Bonchev–Trinajstić information content (AvgIpc) is 2.12. The Morgan fingerprint density at radius 1 is 1.38 bits per heavy atom. The molecule has 1 aromatic rings. The van der Waals surface area contributed by atoms with Gasteiger partial charge in [0, 0.05) is 23.2 Å². The van der Waals surface area contributed by atoms with Crippen LogP contribution in [-0.4, -0.2) is 10.9 Å². The number of pyridine rings is 1. The third kappa shape index (κ3) is 2.03. The average molecular weight is 226 g/mol. The standard InChI is InChI=1S/C11H12F2N2O/c1-11(3-2-4-11)10(16)14-7-5-8(12)15-9(13)6-7/h5-6H,2-4H2,1H3,(H,14,15,16). The molecule has 0 spiro atoms. The molecule has 1 N–H and O–H groups in total. The summed E-state index contributed by atoms with van der Waals surface area (Å²) in [7, 11) is 0. The molecule has 5 heteroatoms. The van der Waals surface area contributed by atoms with Crippen molar-refractivity contribution in [1.82, 2.24) is 4.98 Å². The second kappa shape index (κ2) is 3.81. The molecule has 0 unspecified atom stereocenters. The molecule has 0 saturated heterocycles. The van der Waals surface area contributed by atoms with Gasteiger partial charge in [0.25, 0.3) is 0 Å². The van der Waals surface area contributed by atoms with Crippen molar-refractivity contribution in [3.05, 3.63) is 24.0 Å². The lowest BCUT2D eigenvalue weighted by molar-refractivity contribution is -0.128. The van der Waals surface area contributed by atoms with Crippen LogP contribution in [-0.2, 0) is 4.79 Å². The number of anilines is 1. The zero-order valence-electron chi connectivity index (χ0n) is 8.89. The molecular formula is C11H12F2N2O. The molecule has 0 aliphatic heterocycles. The van der Waals surface area contributed by atoms with Crippen LogP contribution in [0, 0.1) is 17.3 Å². The van der Waals surface area contributed by atoms with E-state index >= 15 is 0 Å². The van der Waals surface area contributed by atoms with Gasteiger partial charge >= 0.3 is 0 Å². The van der Waals surface area contributed by atoms with Crippen molar-refractivity contribution >= 4 is 11.6 Å². The van der Waals surface area contributed by atoms with Gasteiger partial charge in [0.2, 0.25) is 17.8 Å². The lowest BCUT2D eigenvalue weighted by Crippen LogP contribution is -2.39. The molecule has 1 aliphatic rings. The fraction of sp³-hybridized carbons (Fsp3) is 0.455. The third-order valence-corrected chi connectivity index (χ3v) is 3.03. The van der Waals surface area contributed by atoms with Gasteiger partial charge in [-0.2, -0.15) is 13.8 Å². The second-order valence-electron chi connectivity index (χ2n) is 4.37. The Hall–Kier alpha value is -1.52. The highest BCUT2D eigenvalue weighted by atomic mass is 19.1. The first-order valence-corrected chi connectivity index (χ1v) is 5.14. The Balaban J connectivity index is 2.11. The van der Waals surface area contributed by atoms with Crippen LogP contribution in [0.5, 0.6) is 0 Å². The number of amides is 1. The fourth-order valence-corrected chi connectivity index (χ4v) is 1.75. The Kier molecular flexibility index (Phi) is 2.61. The van der Waals surface area contributed by atoms with Crippen LogP contribution in [0.1, 0.15) is 26.2 Å². The molecule has 1 saturated carbocycles. The van der Waals surface area contributed by atoms with Crippen molar-refractivity contribution < 1.29 is 13.6 Å². The number of carbonyl (C=O) groups is 1. The third-order valence-electron chi connectivity index (χ3n) is 3.03. The lowest BCUT2D eigenvalue weighted by atomic mass is 9.70. The molecule has 0 atom stereocenters. The molecule has 86 valence electrons. The minimum atomic E-state index is -0.936. The molecule has 0 bridgehead atoms. The summed E-state index contributed by atoms with van der Waals surface area (Å²) in [6.07, 6.45) is 2.65. The quantitative estimate of drug-likeness (QED) is 0.787. The Morgan fingerprint density at radius 3 is 2.38 bits per heavy atom. The number of nitrogens with zero attached hydrogens (tertiary/aromatic N) is 1. The smallest absolute Gasteiger partial charge is 0.230 e. The van der Waals surface area contributed by atoms with Gasteiger partial charge in [-0.3, -0.25) is 4.79 Å². The molecule has 1 amide bonds. The summed E-state index contributed by atoms with van der Waals surface area (Å²) in [6.45, 7) is 1.85. The summed E-state index contributed by atoms with van der Waals surface area (Å²) in [5, 5.41) is 2.51. The van der Waals surface area contributed by atoms with E-state index in [0.717, 1.165) is 31.4 Å². The maximum Gasteiger partial charge on any atom is 0.230 e. The first-order chi connectivity index (χ1) is 7.49. The van der Waals surface area contributed by atoms with Crippen LogP contribution in [0.25, 0.3) is 0 Å².